The van der Waals surface area contributed by atoms with Crippen molar-refractivity contribution in [2.24, 2.45) is 5.73 Å². The minimum absolute atomic E-state index is 0.0957. The van der Waals surface area contributed by atoms with E-state index in [1.165, 1.54) is 9.71 Å². The highest BCUT2D eigenvalue weighted by Crippen LogP contribution is 2.33. The molecule has 0 unspecified atom stereocenters. The zero-order valence-corrected chi connectivity index (χ0v) is 9.97. The van der Waals surface area contributed by atoms with Gasteiger partial charge in [-0.2, -0.15) is 0 Å². The summed E-state index contributed by atoms with van der Waals surface area (Å²) in [6.45, 7) is 5.12. The van der Waals surface area contributed by atoms with Crippen molar-refractivity contribution in [3.8, 4) is 0 Å². The van der Waals surface area contributed by atoms with Crippen LogP contribution in [0.25, 0.3) is 10.2 Å². The topological polar surface area (TPSA) is 38.9 Å². The average Bonchev–Trinajstić information content (AvgIpc) is 2.61. The second kappa shape index (κ2) is 3.91. The lowest BCUT2D eigenvalue weighted by molar-refractivity contribution is 0.486. The van der Waals surface area contributed by atoms with Gasteiger partial charge in [-0.1, -0.05) is 26.0 Å². The van der Waals surface area contributed by atoms with Crippen molar-refractivity contribution in [3.05, 3.63) is 29.3 Å². The quantitative estimate of drug-likeness (QED) is 0.863. The Morgan fingerprint density at radius 2 is 2.07 bits per heavy atom. The number of nitrogens with two attached hydrogens (primary N) is 1. The zero-order valence-electron chi connectivity index (χ0n) is 9.16. The number of thiazole rings is 1. The molecule has 1 aromatic carbocycles. The maximum absolute atomic E-state index is 5.62. The fourth-order valence-corrected chi connectivity index (χ4v) is 2.72. The summed E-state index contributed by atoms with van der Waals surface area (Å²) in [6, 6.07) is 8.27. The fraction of sp³-hybridized carbons (Fsp3) is 0.417. The van der Waals surface area contributed by atoms with E-state index >= 15 is 0 Å². The molecule has 0 saturated heterocycles. The van der Waals surface area contributed by atoms with E-state index in [1.807, 2.05) is 6.07 Å². The van der Waals surface area contributed by atoms with Crippen LogP contribution in [0.5, 0.6) is 0 Å². The molecular weight excluding hydrogens is 204 g/mol. The lowest BCUT2D eigenvalue weighted by Gasteiger charge is -2.20. The maximum atomic E-state index is 5.62. The van der Waals surface area contributed by atoms with Crippen molar-refractivity contribution in [2.75, 3.05) is 6.54 Å². The van der Waals surface area contributed by atoms with E-state index in [4.69, 9.17) is 5.73 Å². The molecular formula is C12H16N2S. The van der Waals surface area contributed by atoms with Crippen molar-refractivity contribution in [1.82, 2.24) is 4.98 Å². The number of para-hydroxylation sites is 1. The molecule has 0 saturated carbocycles. The normalized spacial score (nSPS) is 12.2. The summed E-state index contributed by atoms with van der Waals surface area (Å²) in [5, 5.41) is 1.19. The first-order valence-corrected chi connectivity index (χ1v) is 6.01. The molecule has 0 atom stereocenters. The largest absolute Gasteiger partial charge is 0.330 e. The van der Waals surface area contributed by atoms with Gasteiger partial charge >= 0.3 is 0 Å². The Morgan fingerprint density at radius 1 is 1.33 bits per heavy atom. The van der Waals surface area contributed by atoms with Crippen LogP contribution in [-0.2, 0) is 5.41 Å². The molecule has 0 radical (unpaired) electrons. The van der Waals surface area contributed by atoms with Gasteiger partial charge in [0.05, 0.1) is 15.2 Å². The van der Waals surface area contributed by atoms with Crippen molar-refractivity contribution in [2.45, 2.75) is 25.7 Å². The van der Waals surface area contributed by atoms with Gasteiger partial charge in [0, 0.05) is 5.41 Å². The van der Waals surface area contributed by atoms with E-state index in [-0.39, 0.29) is 5.41 Å². The maximum Gasteiger partial charge on any atom is 0.0995 e. The zero-order chi connectivity index (χ0) is 10.9. The van der Waals surface area contributed by atoms with Crippen LogP contribution in [0.15, 0.2) is 24.3 Å². The molecule has 2 aromatic rings. The molecule has 80 valence electrons. The Bertz CT molecular complexity index is 426. The molecule has 2 nitrogen and oxygen atoms in total. The highest BCUT2D eigenvalue weighted by atomic mass is 32.1. The van der Waals surface area contributed by atoms with Gasteiger partial charge in [0.15, 0.2) is 0 Å². The van der Waals surface area contributed by atoms with Crippen LogP contribution in [0, 0.1) is 0 Å². The number of hydrogen-bond acceptors (Lipinski definition) is 3. The van der Waals surface area contributed by atoms with Crippen LogP contribution in [0.1, 0.15) is 25.3 Å². The highest BCUT2D eigenvalue weighted by molar-refractivity contribution is 7.18. The third-order valence-corrected chi connectivity index (χ3v) is 4.04. The summed E-state index contributed by atoms with van der Waals surface area (Å²) in [5.41, 5.74) is 6.82. The monoisotopic (exact) mass is 220 g/mol. The van der Waals surface area contributed by atoms with E-state index in [0.717, 1.165) is 11.9 Å². The summed E-state index contributed by atoms with van der Waals surface area (Å²) in [4.78, 5) is 4.67. The Kier molecular flexibility index (Phi) is 2.76. The van der Waals surface area contributed by atoms with Gasteiger partial charge in [-0.3, -0.25) is 0 Å². The molecule has 0 amide bonds. The van der Waals surface area contributed by atoms with Gasteiger partial charge in [0.1, 0.15) is 0 Å². The third-order valence-electron chi connectivity index (χ3n) is 2.64. The van der Waals surface area contributed by atoms with Crippen LogP contribution >= 0.6 is 11.3 Å². The van der Waals surface area contributed by atoms with Crippen molar-refractivity contribution in [1.29, 1.82) is 0 Å². The fourth-order valence-electron chi connectivity index (χ4n) is 1.63. The smallest absolute Gasteiger partial charge is 0.0995 e. The van der Waals surface area contributed by atoms with Crippen LogP contribution in [0.2, 0.25) is 0 Å². The van der Waals surface area contributed by atoms with E-state index < -0.39 is 0 Å². The van der Waals surface area contributed by atoms with Crippen LogP contribution in [0.3, 0.4) is 0 Å². The summed E-state index contributed by atoms with van der Waals surface area (Å²) < 4.78 is 1.26. The number of nitrogens with zero attached hydrogens (tertiary/aromatic N) is 1. The first-order chi connectivity index (χ1) is 7.13. The third kappa shape index (κ3) is 2.03. The van der Waals surface area contributed by atoms with E-state index in [0.29, 0.717) is 6.54 Å². The van der Waals surface area contributed by atoms with E-state index in [1.54, 1.807) is 11.3 Å². The minimum atomic E-state index is 0.0957. The molecule has 15 heavy (non-hydrogen) atoms. The second-order valence-electron chi connectivity index (χ2n) is 4.41. The summed E-state index contributed by atoms with van der Waals surface area (Å²) in [6.07, 6.45) is 0.979. The van der Waals surface area contributed by atoms with E-state index in [9.17, 15) is 0 Å². The average molecular weight is 220 g/mol. The number of fused-ring (bicyclic) bond motifs is 1. The first-order valence-electron chi connectivity index (χ1n) is 5.19. The van der Waals surface area contributed by atoms with Crippen molar-refractivity contribution < 1.29 is 0 Å². The highest BCUT2D eigenvalue weighted by Gasteiger charge is 2.23. The molecule has 3 heteroatoms. The Balaban J connectivity index is 2.44. The Morgan fingerprint density at radius 3 is 2.73 bits per heavy atom. The molecule has 1 heterocycles. The lowest BCUT2D eigenvalue weighted by Crippen LogP contribution is -2.21. The molecule has 0 fully saturated rings. The molecule has 0 spiro atoms. The van der Waals surface area contributed by atoms with Crippen molar-refractivity contribution in [3.63, 3.8) is 0 Å². The second-order valence-corrected chi connectivity index (χ2v) is 5.44. The number of rotatable bonds is 3. The summed E-state index contributed by atoms with van der Waals surface area (Å²) in [7, 11) is 0. The van der Waals surface area contributed by atoms with E-state index in [2.05, 4.69) is 37.0 Å². The predicted octanol–water partition coefficient (Wildman–Crippen LogP) is 2.92. The van der Waals surface area contributed by atoms with Crippen LogP contribution < -0.4 is 5.73 Å². The molecule has 0 aliphatic heterocycles. The van der Waals surface area contributed by atoms with Gasteiger partial charge < -0.3 is 5.73 Å². The number of benzene rings is 1. The predicted molar refractivity (Wildman–Crippen MR) is 66.3 cm³/mol. The van der Waals surface area contributed by atoms with Gasteiger partial charge in [0.2, 0.25) is 0 Å². The standard InChI is InChI=1S/C12H16N2S/c1-12(2,7-8-13)11-14-9-5-3-4-6-10(9)15-11/h3-6H,7-8,13H2,1-2H3. The van der Waals surface area contributed by atoms with Gasteiger partial charge in [0.25, 0.3) is 0 Å². The summed E-state index contributed by atoms with van der Waals surface area (Å²) in [5.74, 6) is 0. The van der Waals surface area contributed by atoms with Crippen LogP contribution in [0.4, 0.5) is 0 Å². The molecule has 0 aliphatic rings. The molecule has 1 aromatic heterocycles. The van der Waals surface area contributed by atoms with Gasteiger partial charge in [-0.25, -0.2) is 4.98 Å². The van der Waals surface area contributed by atoms with Crippen LogP contribution in [-0.4, -0.2) is 11.5 Å². The molecule has 2 N–H and O–H groups in total. The summed E-state index contributed by atoms with van der Waals surface area (Å²) >= 11 is 1.78. The lowest BCUT2D eigenvalue weighted by atomic mass is 9.90. The number of aromatic nitrogens is 1. The SMILES string of the molecule is CC(C)(CCN)c1nc2ccccc2s1. The molecule has 2 rings (SSSR count). The first kappa shape index (κ1) is 10.6. The van der Waals surface area contributed by atoms with Gasteiger partial charge in [-0.05, 0) is 25.1 Å². The van der Waals surface area contributed by atoms with Crippen molar-refractivity contribution >= 4 is 21.6 Å². The minimum Gasteiger partial charge on any atom is -0.330 e. The molecule has 0 aliphatic carbocycles. The Labute approximate surface area is 94.1 Å². The Hall–Kier alpha value is -0.930. The molecule has 0 bridgehead atoms. The number of hydrogen-bond donors (Lipinski definition) is 1. The van der Waals surface area contributed by atoms with Gasteiger partial charge in [-0.15, -0.1) is 11.3 Å².